The molecule has 0 fully saturated rings. The summed E-state index contributed by atoms with van der Waals surface area (Å²) in [7, 11) is 3.61. The Balaban J connectivity index is 2.12. The highest BCUT2D eigenvalue weighted by Gasteiger charge is 2.33. The smallest absolute Gasteiger partial charge is 0.230 e. The largest absolute Gasteiger partial charge is 0.497 e. The number of ether oxygens (including phenoxy) is 1. The minimum absolute atomic E-state index is 0.00603. The first kappa shape index (κ1) is 19.5. The second kappa shape index (κ2) is 8.15. The number of rotatable bonds is 6. The molecule has 2 aromatic rings. The van der Waals surface area contributed by atoms with Gasteiger partial charge in [0.2, 0.25) is 5.91 Å². The lowest BCUT2D eigenvalue weighted by atomic mass is 9.87. The van der Waals surface area contributed by atoms with Crippen LogP contribution in [0.5, 0.6) is 5.75 Å². The van der Waals surface area contributed by atoms with E-state index < -0.39 is 0 Å². The fourth-order valence-corrected chi connectivity index (χ4v) is 3.97. The standard InChI is InChI=1S/C21H29N3O3/c1-5-24(6-2)21(26)15-10-17(19(13-25)23(3)12-15)18-11-16(27-4)9-14-7-8-22-20(14)18/h7-11,15,19,22,25H,5-6,12-13H2,1-4H3/t15-,19-/m1/s1. The second-order valence-corrected chi connectivity index (χ2v) is 6.99. The van der Waals surface area contributed by atoms with Crippen LogP contribution in [-0.4, -0.2) is 72.2 Å². The molecule has 6 heteroatoms. The van der Waals surface area contributed by atoms with Crippen LogP contribution in [0.25, 0.3) is 16.5 Å². The van der Waals surface area contributed by atoms with Gasteiger partial charge in [-0.1, -0.05) is 6.08 Å². The van der Waals surface area contributed by atoms with Gasteiger partial charge in [0.1, 0.15) is 5.75 Å². The van der Waals surface area contributed by atoms with Crippen molar-refractivity contribution in [2.24, 2.45) is 5.92 Å². The number of methoxy groups -OCH3 is 1. The Morgan fingerprint density at radius 3 is 2.74 bits per heavy atom. The molecule has 0 radical (unpaired) electrons. The van der Waals surface area contributed by atoms with Crippen LogP contribution in [0, 0.1) is 5.92 Å². The predicted molar refractivity (Wildman–Crippen MR) is 108 cm³/mol. The molecule has 6 nitrogen and oxygen atoms in total. The fourth-order valence-electron chi connectivity index (χ4n) is 3.97. The predicted octanol–water partition coefficient (Wildman–Crippen LogP) is 2.35. The molecular weight excluding hydrogens is 342 g/mol. The quantitative estimate of drug-likeness (QED) is 0.818. The van der Waals surface area contributed by atoms with E-state index in [1.807, 2.05) is 56.3 Å². The minimum Gasteiger partial charge on any atom is -0.497 e. The van der Waals surface area contributed by atoms with E-state index in [1.54, 1.807) is 7.11 Å². The maximum Gasteiger partial charge on any atom is 0.230 e. The van der Waals surface area contributed by atoms with Gasteiger partial charge in [0.15, 0.2) is 0 Å². The Kier molecular flexibility index (Phi) is 5.87. The zero-order chi connectivity index (χ0) is 19.6. The molecule has 146 valence electrons. The van der Waals surface area contributed by atoms with Gasteiger partial charge in [-0.25, -0.2) is 0 Å². The Morgan fingerprint density at radius 2 is 2.11 bits per heavy atom. The van der Waals surface area contributed by atoms with Crippen molar-refractivity contribution in [3.63, 3.8) is 0 Å². The van der Waals surface area contributed by atoms with Crippen LogP contribution in [0.15, 0.2) is 30.5 Å². The van der Waals surface area contributed by atoms with Crippen molar-refractivity contribution >= 4 is 22.4 Å². The average molecular weight is 371 g/mol. The number of aliphatic hydroxyl groups excluding tert-OH is 1. The molecule has 0 saturated carbocycles. The van der Waals surface area contributed by atoms with Crippen molar-refractivity contribution in [3.8, 4) is 5.75 Å². The summed E-state index contributed by atoms with van der Waals surface area (Å²) in [6.45, 7) is 5.99. The van der Waals surface area contributed by atoms with Crippen LogP contribution in [0.4, 0.5) is 0 Å². The number of nitrogens with zero attached hydrogens (tertiary/aromatic N) is 2. The van der Waals surface area contributed by atoms with Gasteiger partial charge in [-0.3, -0.25) is 9.69 Å². The van der Waals surface area contributed by atoms with Gasteiger partial charge in [-0.2, -0.15) is 0 Å². The van der Waals surface area contributed by atoms with Crippen molar-refractivity contribution in [2.45, 2.75) is 19.9 Å². The molecule has 2 heterocycles. The highest BCUT2D eigenvalue weighted by Crippen LogP contribution is 2.35. The first-order valence-electron chi connectivity index (χ1n) is 9.51. The molecule has 0 bridgehead atoms. The number of hydrogen-bond donors (Lipinski definition) is 2. The van der Waals surface area contributed by atoms with Crippen molar-refractivity contribution in [2.75, 3.05) is 40.4 Å². The van der Waals surface area contributed by atoms with E-state index in [1.165, 1.54) is 0 Å². The Hall–Kier alpha value is -2.31. The van der Waals surface area contributed by atoms with Crippen LogP contribution < -0.4 is 4.74 Å². The Morgan fingerprint density at radius 1 is 1.37 bits per heavy atom. The lowest BCUT2D eigenvalue weighted by molar-refractivity contribution is -0.134. The molecule has 2 atom stereocenters. The lowest BCUT2D eigenvalue weighted by Gasteiger charge is -2.37. The maximum absolute atomic E-state index is 13.0. The van der Waals surface area contributed by atoms with Gasteiger partial charge in [-0.15, -0.1) is 0 Å². The van der Waals surface area contributed by atoms with Gasteiger partial charge in [-0.05, 0) is 44.7 Å². The molecular formula is C21H29N3O3. The number of likely N-dealkylation sites (N-methyl/N-ethyl adjacent to an activating group) is 1. The van der Waals surface area contributed by atoms with E-state index in [-0.39, 0.29) is 24.5 Å². The summed E-state index contributed by atoms with van der Waals surface area (Å²) in [5, 5.41) is 11.1. The van der Waals surface area contributed by atoms with Gasteiger partial charge < -0.3 is 19.7 Å². The molecule has 0 saturated heterocycles. The molecule has 1 amide bonds. The minimum atomic E-state index is -0.232. The molecule has 2 N–H and O–H groups in total. The number of amides is 1. The number of aromatic amines is 1. The van der Waals surface area contributed by atoms with Gasteiger partial charge >= 0.3 is 0 Å². The highest BCUT2D eigenvalue weighted by molar-refractivity contribution is 5.95. The fraction of sp³-hybridized carbons (Fsp3) is 0.476. The summed E-state index contributed by atoms with van der Waals surface area (Å²) < 4.78 is 5.47. The zero-order valence-corrected chi connectivity index (χ0v) is 16.5. The van der Waals surface area contributed by atoms with Crippen molar-refractivity contribution in [1.82, 2.24) is 14.8 Å². The summed E-state index contributed by atoms with van der Waals surface area (Å²) in [5.74, 6) is 0.657. The van der Waals surface area contributed by atoms with E-state index in [0.29, 0.717) is 19.6 Å². The molecule has 1 aliphatic rings. The summed E-state index contributed by atoms with van der Waals surface area (Å²) in [4.78, 5) is 20.2. The highest BCUT2D eigenvalue weighted by atomic mass is 16.5. The van der Waals surface area contributed by atoms with E-state index in [0.717, 1.165) is 27.8 Å². The molecule has 0 spiro atoms. The van der Waals surface area contributed by atoms with E-state index in [4.69, 9.17) is 4.74 Å². The first-order chi connectivity index (χ1) is 13.0. The number of H-pyrrole nitrogens is 1. The van der Waals surface area contributed by atoms with Gasteiger partial charge in [0, 0.05) is 36.8 Å². The van der Waals surface area contributed by atoms with Crippen molar-refractivity contribution < 1.29 is 14.6 Å². The monoisotopic (exact) mass is 371 g/mol. The van der Waals surface area contributed by atoms with Crippen LogP contribution in [-0.2, 0) is 4.79 Å². The molecule has 3 rings (SSSR count). The van der Waals surface area contributed by atoms with Gasteiger partial charge in [0.05, 0.1) is 31.2 Å². The zero-order valence-electron chi connectivity index (χ0n) is 16.5. The Labute approximate surface area is 160 Å². The van der Waals surface area contributed by atoms with Crippen molar-refractivity contribution in [3.05, 3.63) is 36.0 Å². The van der Waals surface area contributed by atoms with Crippen molar-refractivity contribution in [1.29, 1.82) is 0 Å². The number of carbonyl (C=O) groups excluding carboxylic acids is 1. The third kappa shape index (κ3) is 3.59. The van der Waals surface area contributed by atoms with Crippen LogP contribution >= 0.6 is 0 Å². The number of aromatic nitrogens is 1. The topological polar surface area (TPSA) is 68.8 Å². The Bertz CT molecular complexity index is 838. The number of nitrogens with one attached hydrogen (secondary N) is 1. The SMILES string of the molecule is CCN(CC)C(=O)[C@@H]1C=C(c2cc(OC)cc3cc[nH]c23)[C@@H](CO)N(C)C1. The van der Waals surface area contributed by atoms with E-state index >= 15 is 0 Å². The average Bonchev–Trinajstić information content (AvgIpc) is 3.15. The molecule has 27 heavy (non-hydrogen) atoms. The summed E-state index contributed by atoms with van der Waals surface area (Å²) in [6, 6.07) is 5.80. The van der Waals surface area contributed by atoms with E-state index in [9.17, 15) is 9.90 Å². The number of fused-ring (bicyclic) bond motifs is 1. The van der Waals surface area contributed by atoms with Crippen LogP contribution in [0.2, 0.25) is 0 Å². The first-order valence-corrected chi connectivity index (χ1v) is 9.51. The van der Waals surface area contributed by atoms with Crippen LogP contribution in [0.3, 0.4) is 0 Å². The summed E-state index contributed by atoms with van der Waals surface area (Å²) >= 11 is 0. The number of hydrogen-bond acceptors (Lipinski definition) is 4. The molecule has 0 unspecified atom stereocenters. The summed E-state index contributed by atoms with van der Waals surface area (Å²) in [5.41, 5.74) is 2.92. The molecule has 1 aromatic carbocycles. The normalized spacial score (nSPS) is 20.6. The number of carbonyl (C=O) groups is 1. The van der Waals surface area contributed by atoms with Gasteiger partial charge in [0.25, 0.3) is 0 Å². The van der Waals surface area contributed by atoms with Crippen LogP contribution in [0.1, 0.15) is 19.4 Å². The number of benzene rings is 1. The maximum atomic E-state index is 13.0. The molecule has 1 aromatic heterocycles. The molecule has 0 aliphatic carbocycles. The summed E-state index contributed by atoms with van der Waals surface area (Å²) in [6.07, 6.45) is 3.93. The second-order valence-electron chi connectivity index (χ2n) is 6.99. The third-order valence-electron chi connectivity index (χ3n) is 5.50. The number of aliphatic hydroxyl groups is 1. The third-order valence-corrected chi connectivity index (χ3v) is 5.50. The lowest BCUT2D eigenvalue weighted by Crippen LogP contribution is -2.47. The van der Waals surface area contributed by atoms with E-state index in [2.05, 4.69) is 9.88 Å². The molecule has 1 aliphatic heterocycles.